The molecule has 1 rings (SSSR count). The zero-order chi connectivity index (χ0) is 13.5. The Morgan fingerprint density at radius 1 is 1.56 bits per heavy atom. The van der Waals surface area contributed by atoms with Gasteiger partial charge >= 0.3 is 0 Å². The summed E-state index contributed by atoms with van der Waals surface area (Å²) in [7, 11) is 0. The van der Waals surface area contributed by atoms with Crippen molar-refractivity contribution in [2.75, 3.05) is 6.54 Å². The number of nitro groups is 1. The van der Waals surface area contributed by atoms with Crippen LogP contribution in [-0.4, -0.2) is 17.4 Å². The Kier molecular flexibility index (Phi) is 5.15. The fourth-order valence-corrected chi connectivity index (χ4v) is 1.47. The lowest BCUT2D eigenvalue weighted by Gasteiger charge is -2.04. The van der Waals surface area contributed by atoms with E-state index in [2.05, 4.69) is 11.2 Å². The molecule has 0 aliphatic carbocycles. The highest BCUT2D eigenvalue weighted by molar-refractivity contribution is 6.32. The van der Waals surface area contributed by atoms with Gasteiger partial charge in [-0.1, -0.05) is 11.6 Å². The van der Waals surface area contributed by atoms with E-state index >= 15 is 0 Å². The molecule has 0 bridgehead atoms. The van der Waals surface area contributed by atoms with E-state index in [1.807, 2.05) is 0 Å². The summed E-state index contributed by atoms with van der Waals surface area (Å²) >= 11 is 5.65. The largest absolute Gasteiger partial charge is 0.352 e. The van der Waals surface area contributed by atoms with Crippen LogP contribution in [0.1, 0.15) is 23.2 Å². The number of unbranched alkanes of at least 4 members (excludes halogenated alkanes) is 1. The maximum Gasteiger partial charge on any atom is 0.288 e. The standard InChI is InChI=1S/C12H11ClN2O3/c1-2-3-4-7-14-12(16)9-5-6-10(13)11(8-9)15(17)18/h1,5-6,8H,3-4,7H2,(H,14,16). The molecule has 94 valence electrons. The van der Waals surface area contributed by atoms with Crippen molar-refractivity contribution in [1.82, 2.24) is 5.32 Å². The van der Waals surface area contributed by atoms with Crippen LogP contribution in [0, 0.1) is 22.5 Å². The molecule has 0 unspecified atom stereocenters. The third kappa shape index (κ3) is 3.75. The van der Waals surface area contributed by atoms with Crippen LogP contribution in [0.5, 0.6) is 0 Å². The molecule has 0 saturated carbocycles. The quantitative estimate of drug-likeness (QED) is 0.385. The van der Waals surface area contributed by atoms with Gasteiger partial charge in [0.25, 0.3) is 11.6 Å². The van der Waals surface area contributed by atoms with Gasteiger partial charge in [-0.25, -0.2) is 0 Å². The monoisotopic (exact) mass is 266 g/mol. The first kappa shape index (κ1) is 14.0. The average Bonchev–Trinajstić information content (AvgIpc) is 2.34. The molecule has 1 aromatic rings. The summed E-state index contributed by atoms with van der Waals surface area (Å²) < 4.78 is 0. The van der Waals surface area contributed by atoms with E-state index in [1.165, 1.54) is 12.1 Å². The molecule has 1 aromatic carbocycles. The highest BCUT2D eigenvalue weighted by Crippen LogP contribution is 2.24. The molecule has 0 aromatic heterocycles. The number of nitro benzene ring substituents is 1. The SMILES string of the molecule is C#CCCCNC(=O)c1ccc(Cl)c([N+](=O)[O-])c1. The zero-order valence-corrected chi connectivity index (χ0v) is 10.2. The summed E-state index contributed by atoms with van der Waals surface area (Å²) in [6.07, 6.45) is 6.31. The first-order chi connectivity index (χ1) is 8.56. The second-order valence-electron chi connectivity index (χ2n) is 3.49. The summed E-state index contributed by atoms with van der Waals surface area (Å²) in [5.74, 6) is 2.07. The molecule has 0 saturated heterocycles. The van der Waals surface area contributed by atoms with Gasteiger partial charge in [-0.3, -0.25) is 14.9 Å². The zero-order valence-electron chi connectivity index (χ0n) is 9.48. The number of nitrogens with one attached hydrogen (secondary N) is 1. The number of halogens is 1. The van der Waals surface area contributed by atoms with Crippen molar-refractivity contribution in [2.24, 2.45) is 0 Å². The summed E-state index contributed by atoms with van der Waals surface area (Å²) in [6, 6.07) is 3.92. The Bertz CT molecular complexity index is 509. The highest BCUT2D eigenvalue weighted by atomic mass is 35.5. The van der Waals surface area contributed by atoms with E-state index < -0.39 is 4.92 Å². The predicted molar refractivity (Wildman–Crippen MR) is 68.5 cm³/mol. The van der Waals surface area contributed by atoms with Crippen molar-refractivity contribution in [2.45, 2.75) is 12.8 Å². The maximum absolute atomic E-state index is 11.7. The predicted octanol–water partition coefficient (Wildman–Crippen LogP) is 2.39. The van der Waals surface area contributed by atoms with Gasteiger partial charge in [0, 0.05) is 24.6 Å². The van der Waals surface area contributed by atoms with Crippen LogP contribution >= 0.6 is 11.6 Å². The van der Waals surface area contributed by atoms with Gasteiger partial charge in [0.05, 0.1) is 4.92 Å². The minimum absolute atomic E-state index is 0.00359. The molecule has 0 aliphatic rings. The first-order valence-corrected chi connectivity index (χ1v) is 5.59. The van der Waals surface area contributed by atoms with Gasteiger partial charge < -0.3 is 5.32 Å². The van der Waals surface area contributed by atoms with Gasteiger partial charge in [-0.15, -0.1) is 12.3 Å². The molecular formula is C12H11ClN2O3. The van der Waals surface area contributed by atoms with Crippen LogP contribution in [0.3, 0.4) is 0 Å². The van der Waals surface area contributed by atoms with Crippen LogP contribution in [0.15, 0.2) is 18.2 Å². The molecular weight excluding hydrogens is 256 g/mol. The number of terminal acetylenes is 1. The van der Waals surface area contributed by atoms with E-state index in [0.29, 0.717) is 19.4 Å². The van der Waals surface area contributed by atoms with Crippen LogP contribution in [-0.2, 0) is 0 Å². The molecule has 0 spiro atoms. The topological polar surface area (TPSA) is 72.2 Å². The van der Waals surface area contributed by atoms with Gasteiger partial charge in [0.1, 0.15) is 5.02 Å². The molecule has 0 atom stereocenters. The number of nitrogens with zero attached hydrogens (tertiary/aromatic N) is 1. The molecule has 0 aliphatic heterocycles. The van der Waals surface area contributed by atoms with Crippen molar-refractivity contribution < 1.29 is 9.72 Å². The summed E-state index contributed by atoms with van der Waals surface area (Å²) in [6.45, 7) is 0.430. The van der Waals surface area contributed by atoms with Crippen LogP contribution in [0.25, 0.3) is 0 Å². The lowest BCUT2D eigenvalue weighted by molar-refractivity contribution is -0.384. The van der Waals surface area contributed by atoms with Gasteiger partial charge in [-0.2, -0.15) is 0 Å². The van der Waals surface area contributed by atoms with Crippen molar-refractivity contribution in [3.8, 4) is 12.3 Å². The molecule has 0 radical (unpaired) electrons. The fourth-order valence-electron chi connectivity index (χ4n) is 1.29. The van der Waals surface area contributed by atoms with E-state index in [0.717, 1.165) is 6.07 Å². The second-order valence-corrected chi connectivity index (χ2v) is 3.89. The summed E-state index contributed by atoms with van der Waals surface area (Å²) in [5, 5.41) is 13.3. The Morgan fingerprint density at radius 3 is 2.89 bits per heavy atom. The molecule has 5 nitrogen and oxygen atoms in total. The number of carbonyl (C=O) groups is 1. The number of hydrogen-bond acceptors (Lipinski definition) is 3. The maximum atomic E-state index is 11.7. The number of rotatable bonds is 5. The Hall–Kier alpha value is -2.06. The van der Waals surface area contributed by atoms with Crippen molar-refractivity contribution in [3.63, 3.8) is 0 Å². The lowest BCUT2D eigenvalue weighted by atomic mass is 10.2. The molecule has 6 heteroatoms. The molecule has 1 N–H and O–H groups in total. The number of hydrogen-bond donors (Lipinski definition) is 1. The highest BCUT2D eigenvalue weighted by Gasteiger charge is 2.15. The number of amides is 1. The van der Waals surface area contributed by atoms with E-state index in [9.17, 15) is 14.9 Å². The second kappa shape index (κ2) is 6.62. The fraction of sp³-hybridized carbons (Fsp3) is 0.250. The van der Waals surface area contributed by atoms with Gasteiger partial charge in [-0.05, 0) is 18.6 Å². The van der Waals surface area contributed by atoms with Crippen molar-refractivity contribution in [3.05, 3.63) is 38.9 Å². The number of carbonyl (C=O) groups excluding carboxylic acids is 1. The molecule has 0 heterocycles. The molecule has 1 amide bonds. The summed E-state index contributed by atoms with van der Waals surface area (Å²) in [5.41, 5.74) is -0.0836. The Labute approximate surface area is 109 Å². The van der Waals surface area contributed by atoms with Gasteiger partial charge in [0.2, 0.25) is 0 Å². The molecule has 0 fully saturated rings. The minimum atomic E-state index is -0.628. The van der Waals surface area contributed by atoms with Crippen LogP contribution in [0.2, 0.25) is 5.02 Å². The van der Waals surface area contributed by atoms with E-state index in [-0.39, 0.29) is 22.2 Å². The Morgan fingerprint density at radius 2 is 2.28 bits per heavy atom. The normalized spacial score (nSPS) is 9.56. The third-order valence-corrected chi connectivity index (χ3v) is 2.51. The first-order valence-electron chi connectivity index (χ1n) is 5.22. The van der Waals surface area contributed by atoms with E-state index in [4.69, 9.17) is 18.0 Å². The Balaban J connectivity index is 2.72. The van der Waals surface area contributed by atoms with Gasteiger partial charge in [0.15, 0.2) is 0 Å². The summed E-state index contributed by atoms with van der Waals surface area (Å²) in [4.78, 5) is 21.7. The van der Waals surface area contributed by atoms with Crippen LogP contribution in [0.4, 0.5) is 5.69 Å². The third-order valence-electron chi connectivity index (χ3n) is 2.19. The average molecular weight is 267 g/mol. The lowest BCUT2D eigenvalue weighted by Crippen LogP contribution is -2.24. The molecule has 18 heavy (non-hydrogen) atoms. The van der Waals surface area contributed by atoms with Crippen LogP contribution < -0.4 is 5.32 Å². The minimum Gasteiger partial charge on any atom is -0.352 e. The van der Waals surface area contributed by atoms with Crippen molar-refractivity contribution >= 4 is 23.2 Å². The van der Waals surface area contributed by atoms with Crippen molar-refractivity contribution in [1.29, 1.82) is 0 Å². The number of benzene rings is 1. The smallest absolute Gasteiger partial charge is 0.288 e. The van der Waals surface area contributed by atoms with E-state index in [1.54, 1.807) is 0 Å².